The number of alkyl halides is 5. The molecule has 1 heterocycles. The lowest BCUT2D eigenvalue weighted by atomic mass is 10.2. The molecular formula is C7H8F5NOS. The number of thioether (sulfide) groups is 1. The fraction of sp³-hybridized carbons (Fsp3) is 0.857. The van der Waals surface area contributed by atoms with Crippen LogP contribution in [0.1, 0.15) is 0 Å². The van der Waals surface area contributed by atoms with Crippen LogP contribution >= 0.6 is 11.8 Å². The van der Waals surface area contributed by atoms with Crippen molar-refractivity contribution in [1.29, 1.82) is 0 Å². The molecule has 0 N–H and O–H groups in total. The Morgan fingerprint density at radius 2 is 1.53 bits per heavy atom. The first-order valence-electron chi connectivity index (χ1n) is 4.08. The summed E-state index contributed by atoms with van der Waals surface area (Å²) in [6.07, 6.45) is -5.81. The molecule has 0 aromatic rings. The molecule has 0 aliphatic carbocycles. The first kappa shape index (κ1) is 12.5. The molecule has 0 radical (unpaired) electrons. The van der Waals surface area contributed by atoms with Crippen molar-refractivity contribution in [2.45, 2.75) is 12.1 Å². The molecule has 88 valence electrons. The molecule has 0 unspecified atom stereocenters. The maximum Gasteiger partial charge on any atom is 0.463 e. The van der Waals surface area contributed by atoms with Gasteiger partial charge in [-0.1, -0.05) is 0 Å². The van der Waals surface area contributed by atoms with Crippen molar-refractivity contribution >= 4 is 17.7 Å². The third kappa shape index (κ3) is 2.53. The molecule has 0 spiro atoms. The molecule has 2 nitrogen and oxygen atoms in total. The van der Waals surface area contributed by atoms with Crippen molar-refractivity contribution in [3.05, 3.63) is 0 Å². The maximum absolute atomic E-state index is 12.6. The summed E-state index contributed by atoms with van der Waals surface area (Å²) in [6.45, 7) is -0.121. The zero-order chi connectivity index (χ0) is 11.7. The van der Waals surface area contributed by atoms with Gasteiger partial charge in [0.1, 0.15) is 0 Å². The number of halogens is 5. The van der Waals surface area contributed by atoms with Crippen molar-refractivity contribution in [3.63, 3.8) is 0 Å². The molecule has 1 saturated heterocycles. The molecule has 0 aromatic carbocycles. The van der Waals surface area contributed by atoms with Gasteiger partial charge in [-0.2, -0.15) is 33.7 Å². The van der Waals surface area contributed by atoms with Gasteiger partial charge in [0.15, 0.2) is 0 Å². The summed E-state index contributed by atoms with van der Waals surface area (Å²) in [5, 5.41) is 0. The Morgan fingerprint density at radius 1 is 1.07 bits per heavy atom. The zero-order valence-corrected chi connectivity index (χ0v) is 8.30. The second-order valence-corrected chi connectivity index (χ2v) is 4.20. The van der Waals surface area contributed by atoms with E-state index in [2.05, 4.69) is 0 Å². The highest BCUT2D eigenvalue weighted by Crippen LogP contribution is 2.37. The zero-order valence-electron chi connectivity index (χ0n) is 7.48. The Balaban J connectivity index is 2.74. The van der Waals surface area contributed by atoms with Gasteiger partial charge >= 0.3 is 18.0 Å². The normalized spacial score (nSPS) is 19.1. The highest BCUT2D eigenvalue weighted by atomic mass is 32.2. The van der Waals surface area contributed by atoms with Crippen molar-refractivity contribution in [2.75, 3.05) is 24.6 Å². The largest absolute Gasteiger partial charge is 0.463 e. The van der Waals surface area contributed by atoms with Crippen LogP contribution in [0, 0.1) is 0 Å². The SMILES string of the molecule is O=C(N1CCSCC1)C(F)(F)C(F)(F)F. The molecule has 8 heteroatoms. The number of carbonyl (C=O) groups is 1. The molecule has 1 fully saturated rings. The van der Waals surface area contributed by atoms with E-state index in [1.807, 2.05) is 0 Å². The molecule has 15 heavy (non-hydrogen) atoms. The van der Waals surface area contributed by atoms with Crippen LogP contribution in [0.3, 0.4) is 0 Å². The van der Waals surface area contributed by atoms with Crippen LogP contribution < -0.4 is 0 Å². The van der Waals surface area contributed by atoms with Gasteiger partial charge in [0.2, 0.25) is 0 Å². The van der Waals surface area contributed by atoms with E-state index < -0.39 is 18.0 Å². The third-order valence-corrected chi connectivity index (χ3v) is 2.87. The topological polar surface area (TPSA) is 20.3 Å². The van der Waals surface area contributed by atoms with Crippen LogP contribution in [-0.2, 0) is 4.79 Å². The third-order valence-electron chi connectivity index (χ3n) is 1.92. The average molecular weight is 249 g/mol. The fourth-order valence-electron chi connectivity index (χ4n) is 1.09. The summed E-state index contributed by atoms with van der Waals surface area (Å²) in [5.41, 5.74) is 0. The summed E-state index contributed by atoms with van der Waals surface area (Å²) in [6, 6.07) is 0. The van der Waals surface area contributed by atoms with Gasteiger partial charge < -0.3 is 4.90 Å². The summed E-state index contributed by atoms with van der Waals surface area (Å²) >= 11 is 1.41. The first-order chi connectivity index (χ1) is 6.77. The van der Waals surface area contributed by atoms with Crippen LogP contribution in [0.15, 0.2) is 0 Å². The maximum atomic E-state index is 12.6. The van der Waals surface area contributed by atoms with Crippen LogP contribution in [0.25, 0.3) is 0 Å². The molecular weight excluding hydrogens is 241 g/mol. The van der Waals surface area contributed by atoms with Crippen LogP contribution in [0.2, 0.25) is 0 Å². The minimum Gasteiger partial charge on any atom is -0.336 e. The molecule has 0 bridgehead atoms. The number of carbonyl (C=O) groups excluding carboxylic acids is 1. The molecule has 1 aliphatic rings. The Morgan fingerprint density at radius 3 is 1.93 bits per heavy atom. The summed E-state index contributed by atoms with van der Waals surface area (Å²) in [4.78, 5) is 11.5. The van der Waals surface area contributed by atoms with Gasteiger partial charge in [-0.05, 0) is 0 Å². The van der Waals surface area contributed by atoms with E-state index in [0.717, 1.165) is 0 Å². The van der Waals surface area contributed by atoms with Crippen molar-refractivity contribution < 1.29 is 26.7 Å². The smallest absolute Gasteiger partial charge is 0.336 e. The van der Waals surface area contributed by atoms with E-state index in [1.54, 1.807) is 0 Å². The quantitative estimate of drug-likeness (QED) is 0.660. The second kappa shape index (κ2) is 4.15. The second-order valence-electron chi connectivity index (χ2n) is 2.98. The molecule has 0 saturated carbocycles. The standard InChI is InChI=1S/C7H8F5NOS/c8-6(9,7(10,11)12)5(14)13-1-3-15-4-2-13/h1-4H2. The van der Waals surface area contributed by atoms with Gasteiger partial charge in [0.05, 0.1) is 0 Å². The van der Waals surface area contributed by atoms with Crippen LogP contribution in [0.4, 0.5) is 22.0 Å². The van der Waals surface area contributed by atoms with E-state index in [9.17, 15) is 26.7 Å². The molecule has 0 atom stereocenters. The Labute approximate surface area is 86.8 Å². The number of hydrogen-bond acceptors (Lipinski definition) is 2. The van der Waals surface area contributed by atoms with E-state index in [0.29, 0.717) is 16.4 Å². The molecule has 0 aromatic heterocycles. The van der Waals surface area contributed by atoms with Crippen LogP contribution in [-0.4, -0.2) is 47.5 Å². The number of rotatable bonds is 1. The van der Waals surface area contributed by atoms with Gasteiger partial charge in [-0.15, -0.1) is 0 Å². The van der Waals surface area contributed by atoms with Crippen molar-refractivity contribution in [3.8, 4) is 0 Å². The molecule has 1 rings (SSSR count). The lowest BCUT2D eigenvalue weighted by Gasteiger charge is -2.30. The van der Waals surface area contributed by atoms with E-state index in [-0.39, 0.29) is 13.1 Å². The minimum atomic E-state index is -5.81. The van der Waals surface area contributed by atoms with Crippen LogP contribution in [0.5, 0.6) is 0 Å². The van der Waals surface area contributed by atoms with E-state index in [4.69, 9.17) is 0 Å². The predicted octanol–water partition coefficient (Wildman–Crippen LogP) is 1.76. The lowest BCUT2D eigenvalue weighted by molar-refractivity contribution is -0.274. The first-order valence-corrected chi connectivity index (χ1v) is 5.24. The van der Waals surface area contributed by atoms with Crippen molar-refractivity contribution in [2.24, 2.45) is 0 Å². The summed E-state index contributed by atoms with van der Waals surface area (Å²) < 4.78 is 60.7. The number of nitrogens with zero attached hydrogens (tertiary/aromatic N) is 1. The monoisotopic (exact) mass is 249 g/mol. The number of amides is 1. The highest BCUT2D eigenvalue weighted by molar-refractivity contribution is 7.99. The Hall–Kier alpha value is -0.530. The Kier molecular flexibility index (Phi) is 3.47. The number of hydrogen-bond donors (Lipinski definition) is 0. The van der Waals surface area contributed by atoms with E-state index in [1.165, 1.54) is 11.8 Å². The van der Waals surface area contributed by atoms with Gasteiger partial charge in [0, 0.05) is 24.6 Å². The molecule has 1 amide bonds. The fourth-order valence-corrected chi connectivity index (χ4v) is 1.99. The summed E-state index contributed by atoms with van der Waals surface area (Å²) in [7, 11) is 0. The van der Waals surface area contributed by atoms with Gasteiger partial charge in [-0.3, -0.25) is 4.79 Å². The Bertz CT molecular complexity index is 248. The predicted molar refractivity (Wildman–Crippen MR) is 44.9 cm³/mol. The van der Waals surface area contributed by atoms with Crippen molar-refractivity contribution in [1.82, 2.24) is 4.90 Å². The average Bonchev–Trinajstić information content (AvgIpc) is 2.16. The highest BCUT2D eigenvalue weighted by Gasteiger charge is 2.64. The lowest BCUT2D eigenvalue weighted by Crippen LogP contribution is -2.54. The van der Waals surface area contributed by atoms with Gasteiger partial charge in [0.25, 0.3) is 0 Å². The van der Waals surface area contributed by atoms with Gasteiger partial charge in [-0.25, -0.2) is 0 Å². The van der Waals surface area contributed by atoms with E-state index >= 15 is 0 Å². The minimum absolute atomic E-state index is 0.0603. The molecule has 1 aliphatic heterocycles. The summed E-state index contributed by atoms with van der Waals surface area (Å²) in [5.74, 6) is -6.63.